The lowest BCUT2D eigenvalue weighted by Gasteiger charge is -2.40. The van der Waals surface area contributed by atoms with E-state index in [9.17, 15) is 0 Å². The van der Waals surface area contributed by atoms with E-state index in [0.29, 0.717) is 5.41 Å². The third kappa shape index (κ3) is 2.27. The van der Waals surface area contributed by atoms with Crippen molar-refractivity contribution < 1.29 is 0 Å². The Morgan fingerprint density at radius 3 is 2.40 bits per heavy atom. The van der Waals surface area contributed by atoms with Crippen LogP contribution in [-0.4, -0.2) is 30.5 Å². The van der Waals surface area contributed by atoms with Crippen LogP contribution in [0.1, 0.15) is 39.5 Å². The predicted octanol–water partition coefficient (Wildman–Crippen LogP) is 1.83. The summed E-state index contributed by atoms with van der Waals surface area (Å²) in [5.74, 6) is 1.62. The van der Waals surface area contributed by atoms with Crippen LogP contribution in [0, 0.1) is 11.3 Å². The van der Waals surface area contributed by atoms with Gasteiger partial charge in [0.25, 0.3) is 0 Å². The quantitative estimate of drug-likeness (QED) is 0.569. The molecular formula is C12H23N3. The molecule has 0 bridgehead atoms. The summed E-state index contributed by atoms with van der Waals surface area (Å²) in [5, 5.41) is 0. The first-order valence-corrected chi connectivity index (χ1v) is 6.14. The van der Waals surface area contributed by atoms with Crippen LogP contribution in [0.2, 0.25) is 0 Å². The minimum atomic E-state index is 0.341. The predicted molar refractivity (Wildman–Crippen MR) is 63.8 cm³/mol. The van der Waals surface area contributed by atoms with Crippen molar-refractivity contribution in [1.82, 2.24) is 4.90 Å². The number of nitrogens with zero attached hydrogens (tertiary/aromatic N) is 2. The summed E-state index contributed by atoms with van der Waals surface area (Å²) in [6, 6.07) is 0. The van der Waals surface area contributed by atoms with E-state index in [1.54, 1.807) is 0 Å². The zero-order valence-corrected chi connectivity index (χ0v) is 10.00. The highest BCUT2D eigenvalue weighted by molar-refractivity contribution is 5.78. The number of guanidine groups is 1. The summed E-state index contributed by atoms with van der Waals surface area (Å²) in [7, 11) is 0. The molecular weight excluding hydrogens is 186 g/mol. The van der Waals surface area contributed by atoms with Gasteiger partial charge in [-0.05, 0) is 30.6 Å². The highest BCUT2D eigenvalue weighted by atomic mass is 15.3. The molecule has 2 fully saturated rings. The third-order valence-corrected chi connectivity index (χ3v) is 4.04. The Morgan fingerprint density at radius 1 is 1.33 bits per heavy atom. The smallest absolute Gasteiger partial charge is 0.191 e. The number of aliphatic imine (C=N–C) groups is 1. The van der Waals surface area contributed by atoms with Crippen molar-refractivity contribution in [2.45, 2.75) is 39.5 Å². The molecule has 1 aliphatic heterocycles. The maximum absolute atomic E-state index is 5.92. The maximum Gasteiger partial charge on any atom is 0.191 e. The van der Waals surface area contributed by atoms with Crippen molar-refractivity contribution in [3.8, 4) is 0 Å². The zero-order chi connectivity index (χ0) is 10.9. The van der Waals surface area contributed by atoms with Gasteiger partial charge in [0.2, 0.25) is 0 Å². The molecule has 15 heavy (non-hydrogen) atoms. The summed E-state index contributed by atoms with van der Waals surface area (Å²) < 4.78 is 0. The summed E-state index contributed by atoms with van der Waals surface area (Å²) in [5.41, 5.74) is 6.26. The van der Waals surface area contributed by atoms with Crippen LogP contribution >= 0.6 is 0 Å². The van der Waals surface area contributed by atoms with E-state index < -0.39 is 0 Å². The highest BCUT2D eigenvalue weighted by Crippen LogP contribution is 2.41. The number of hydrogen-bond acceptors (Lipinski definition) is 1. The molecule has 3 nitrogen and oxygen atoms in total. The SMILES string of the molecule is CC(C)(CN=C(N)N1CCC1)C1CCC1. The Morgan fingerprint density at radius 2 is 2.00 bits per heavy atom. The van der Waals surface area contributed by atoms with Gasteiger partial charge >= 0.3 is 0 Å². The zero-order valence-electron chi connectivity index (χ0n) is 10.00. The van der Waals surface area contributed by atoms with E-state index >= 15 is 0 Å². The van der Waals surface area contributed by atoms with Crippen molar-refractivity contribution in [2.75, 3.05) is 19.6 Å². The Bertz CT molecular complexity index is 250. The summed E-state index contributed by atoms with van der Waals surface area (Å²) in [6.07, 6.45) is 5.43. The normalized spacial score (nSPS) is 23.6. The molecule has 0 amide bonds. The molecule has 86 valence electrons. The molecule has 1 heterocycles. The largest absolute Gasteiger partial charge is 0.370 e. The molecule has 1 saturated carbocycles. The Balaban J connectivity index is 1.84. The van der Waals surface area contributed by atoms with Gasteiger partial charge in [0.15, 0.2) is 5.96 Å². The lowest BCUT2D eigenvalue weighted by atomic mass is 9.67. The van der Waals surface area contributed by atoms with Crippen molar-refractivity contribution >= 4 is 5.96 Å². The first kappa shape index (κ1) is 10.8. The number of rotatable bonds is 3. The first-order chi connectivity index (χ1) is 7.09. The number of likely N-dealkylation sites (tertiary alicyclic amines) is 1. The van der Waals surface area contributed by atoms with Crippen LogP contribution in [0.3, 0.4) is 0 Å². The Labute approximate surface area is 92.7 Å². The van der Waals surface area contributed by atoms with Gasteiger partial charge in [-0.25, -0.2) is 0 Å². The van der Waals surface area contributed by atoms with E-state index in [-0.39, 0.29) is 0 Å². The molecule has 1 aliphatic carbocycles. The third-order valence-electron chi connectivity index (χ3n) is 4.04. The fourth-order valence-electron chi connectivity index (χ4n) is 2.25. The fourth-order valence-corrected chi connectivity index (χ4v) is 2.25. The van der Waals surface area contributed by atoms with Gasteiger partial charge in [-0.3, -0.25) is 4.99 Å². The second kappa shape index (κ2) is 4.03. The standard InChI is InChI=1S/C12H23N3/c1-12(2,10-5-3-6-10)9-14-11(13)15-7-4-8-15/h10H,3-9H2,1-2H3,(H2,13,14). The molecule has 0 radical (unpaired) electrons. The molecule has 0 aromatic rings. The van der Waals surface area contributed by atoms with Gasteiger partial charge in [0, 0.05) is 19.6 Å². The maximum atomic E-state index is 5.92. The van der Waals surface area contributed by atoms with Crippen LogP contribution in [-0.2, 0) is 0 Å². The topological polar surface area (TPSA) is 41.6 Å². The lowest BCUT2D eigenvalue weighted by Crippen LogP contribution is -2.47. The van der Waals surface area contributed by atoms with Crippen LogP contribution in [0.4, 0.5) is 0 Å². The second-order valence-electron chi connectivity index (χ2n) is 5.63. The van der Waals surface area contributed by atoms with Gasteiger partial charge in [-0.1, -0.05) is 20.3 Å². The van der Waals surface area contributed by atoms with Gasteiger partial charge in [0.05, 0.1) is 0 Å². The van der Waals surface area contributed by atoms with Gasteiger partial charge in [0.1, 0.15) is 0 Å². The van der Waals surface area contributed by atoms with Gasteiger partial charge in [-0.2, -0.15) is 0 Å². The number of nitrogens with two attached hydrogens (primary N) is 1. The number of hydrogen-bond donors (Lipinski definition) is 1. The van der Waals surface area contributed by atoms with E-state index in [2.05, 4.69) is 23.7 Å². The molecule has 0 atom stereocenters. The molecule has 0 unspecified atom stereocenters. The minimum Gasteiger partial charge on any atom is -0.370 e. The fraction of sp³-hybridized carbons (Fsp3) is 0.917. The Kier molecular flexibility index (Phi) is 2.89. The van der Waals surface area contributed by atoms with Crippen molar-refractivity contribution in [2.24, 2.45) is 22.1 Å². The first-order valence-electron chi connectivity index (χ1n) is 6.14. The average Bonchev–Trinajstić information content (AvgIpc) is 1.93. The summed E-state index contributed by atoms with van der Waals surface area (Å²) >= 11 is 0. The molecule has 2 rings (SSSR count). The van der Waals surface area contributed by atoms with Crippen LogP contribution < -0.4 is 5.73 Å². The molecule has 1 saturated heterocycles. The Hall–Kier alpha value is -0.730. The lowest BCUT2D eigenvalue weighted by molar-refractivity contribution is 0.129. The van der Waals surface area contributed by atoms with Crippen LogP contribution in [0.5, 0.6) is 0 Å². The van der Waals surface area contributed by atoms with Gasteiger partial charge < -0.3 is 10.6 Å². The van der Waals surface area contributed by atoms with E-state index in [1.165, 1.54) is 25.7 Å². The second-order valence-corrected chi connectivity index (χ2v) is 5.63. The van der Waals surface area contributed by atoms with E-state index in [1.807, 2.05) is 0 Å². The van der Waals surface area contributed by atoms with Crippen molar-refractivity contribution in [3.63, 3.8) is 0 Å². The monoisotopic (exact) mass is 209 g/mol. The minimum absolute atomic E-state index is 0.341. The molecule has 0 aromatic carbocycles. The average molecular weight is 209 g/mol. The molecule has 2 N–H and O–H groups in total. The van der Waals surface area contributed by atoms with E-state index in [4.69, 9.17) is 5.73 Å². The molecule has 2 aliphatic rings. The highest BCUT2D eigenvalue weighted by Gasteiger charge is 2.33. The molecule has 0 spiro atoms. The molecule has 0 aromatic heterocycles. The van der Waals surface area contributed by atoms with Gasteiger partial charge in [-0.15, -0.1) is 0 Å². The van der Waals surface area contributed by atoms with Crippen molar-refractivity contribution in [3.05, 3.63) is 0 Å². The van der Waals surface area contributed by atoms with E-state index in [0.717, 1.165) is 31.5 Å². The van der Waals surface area contributed by atoms with Crippen molar-refractivity contribution in [1.29, 1.82) is 0 Å². The summed E-state index contributed by atoms with van der Waals surface area (Å²) in [6.45, 7) is 7.73. The molecule has 3 heteroatoms. The van der Waals surface area contributed by atoms with Crippen LogP contribution in [0.25, 0.3) is 0 Å². The summed E-state index contributed by atoms with van der Waals surface area (Å²) in [4.78, 5) is 6.70. The van der Waals surface area contributed by atoms with Crippen LogP contribution in [0.15, 0.2) is 4.99 Å².